The van der Waals surface area contributed by atoms with Gasteiger partial charge < -0.3 is 15.2 Å². The fourth-order valence-electron chi connectivity index (χ4n) is 2.44. The molecule has 0 saturated heterocycles. The van der Waals surface area contributed by atoms with E-state index in [0.29, 0.717) is 5.69 Å². The third-order valence-corrected chi connectivity index (χ3v) is 4.14. The minimum atomic E-state index is -4.80. The van der Waals surface area contributed by atoms with Gasteiger partial charge in [0.1, 0.15) is 11.5 Å². The van der Waals surface area contributed by atoms with Crippen LogP contribution in [0.25, 0.3) is 0 Å². The third-order valence-electron chi connectivity index (χ3n) is 3.93. The molecule has 0 heterocycles. The first-order chi connectivity index (χ1) is 15.2. The van der Waals surface area contributed by atoms with E-state index >= 15 is 0 Å². The van der Waals surface area contributed by atoms with E-state index < -0.39 is 18.0 Å². The molecule has 0 aromatic heterocycles. The fourth-order valence-corrected chi connectivity index (χ4v) is 2.65. The maximum Gasteiger partial charge on any atom is 0.573 e. The van der Waals surface area contributed by atoms with Crippen molar-refractivity contribution in [1.82, 2.24) is 5.32 Å². The Bertz CT molecular complexity index is 1030. The van der Waals surface area contributed by atoms with Gasteiger partial charge >= 0.3 is 6.36 Å². The highest BCUT2D eigenvalue weighted by atomic mass is 32.1. The van der Waals surface area contributed by atoms with E-state index in [4.69, 9.17) is 12.2 Å². The van der Waals surface area contributed by atoms with Crippen LogP contribution < -0.4 is 15.4 Å². The van der Waals surface area contributed by atoms with Gasteiger partial charge in [0.2, 0.25) is 0 Å². The topological polar surface area (TPSA) is 70.6 Å². The van der Waals surface area contributed by atoms with Gasteiger partial charge in [-0.1, -0.05) is 43.3 Å². The summed E-state index contributed by atoms with van der Waals surface area (Å²) in [5.41, 5.74) is 1.98. The van der Waals surface area contributed by atoms with Gasteiger partial charge in [-0.2, -0.15) is 0 Å². The number of hydrogen-bond donors (Lipinski definition) is 3. The number of aryl methyl sites for hydroxylation is 1. The molecule has 5 nitrogen and oxygen atoms in total. The van der Waals surface area contributed by atoms with Gasteiger partial charge in [0.05, 0.1) is 0 Å². The number of aromatic hydroxyl groups is 1. The van der Waals surface area contributed by atoms with Gasteiger partial charge in [0, 0.05) is 17.3 Å². The zero-order valence-electron chi connectivity index (χ0n) is 17.0. The lowest BCUT2D eigenvalue weighted by Gasteiger charge is -2.11. The number of phenols is 1. The number of hydrogen-bond acceptors (Lipinski definition) is 4. The summed E-state index contributed by atoms with van der Waals surface area (Å²) in [6.07, 6.45) is -3.66. The molecule has 3 aromatic carbocycles. The van der Waals surface area contributed by atoms with Gasteiger partial charge in [-0.3, -0.25) is 10.1 Å². The van der Waals surface area contributed by atoms with Gasteiger partial charge in [0.25, 0.3) is 5.91 Å². The van der Waals surface area contributed by atoms with Crippen LogP contribution in [0.4, 0.5) is 18.9 Å². The Labute approximate surface area is 188 Å². The molecule has 168 valence electrons. The van der Waals surface area contributed by atoms with Crippen LogP contribution in [0.2, 0.25) is 0 Å². The normalized spacial score (nSPS) is 10.4. The number of amides is 1. The number of phenolic OH excluding ortho intramolecular Hbond substituents is 1. The molecule has 1 amide bonds. The molecule has 0 fully saturated rings. The summed E-state index contributed by atoms with van der Waals surface area (Å²) in [4.78, 5) is 12.0. The van der Waals surface area contributed by atoms with E-state index in [2.05, 4.69) is 46.6 Å². The molecule has 9 heteroatoms. The van der Waals surface area contributed by atoms with Crippen LogP contribution in [-0.4, -0.2) is 22.5 Å². The molecule has 3 N–H and O–H groups in total. The molecule has 3 aromatic rings. The predicted molar refractivity (Wildman–Crippen MR) is 121 cm³/mol. The number of anilines is 1. The number of nitrogens with one attached hydrogen (secondary N) is 2. The lowest BCUT2D eigenvalue weighted by Crippen LogP contribution is -2.34. The molecule has 0 aliphatic heterocycles. The average molecular weight is 462 g/mol. The lowest BCUT2D eigenvalue weighted by atomic mass is 10.2. The zero-order valence-corrected chi connectivity index (χ0v) is 17.8. The number of carbonyl (C=O) groups is 1. The molecule has 0 spiro atoms. The van der Waals surface area contributed by atoms with E-state index in [1.54, 1.807) is 12.1 Å². The standard InChI is InChI=1S/C15H11F3N2O3S.C8H10/c16-15(17,18)23-12-6-4-9(5-7-12)13(22)20-14(24)19-10-2-1-3-11(21)8-10;1-2-8-6-4-3-5-7-8/h1-8,21H,(H2,19,20,22,24);3-7H,2H2,1H3. The highest BCUT2D eigenvalue weighted by Gasteiger charge is 2.31. The van der Waals surface area contributed by atoms with Crippen molar-refractivity contribution in [2.24, 2.45) is 0 Å². The van der Waals surface area contributed by atoms with E-state index in [1.807, 2.05) is 6.07 Å². The van der Waals surface area contributed by atoms with Crippen LogP contribution in [0, 0.1) is 0 Å². The fraction of sp³-hybridized carbons (Fsp3) is 0.130. The third kappa shape index (κ3) is 9.05. The number of carbonyl (C=O) groups excluding carboxylic acids is 1. The Morgan fingerprint density at radius 1 is 1.00 bits per heavy atom. The first kappa shape index (κ1) is 24.7. The van der Waals surface area contributed by atoms with Crippen LogP contribution in [0.5, 0.6) is 11.5 Å². The van der Waals surface area contributed by atoms with E-state index in [1.165, 1.54) is 29.8 Å². The second-order valence-electron chi connectivity index (χ2n) is 6.37. The van der Waals surface area contributed by atoms with Crippen LogP contribution in [-0.2, 0) is 6.42 Å². The Morgan fingerprint density at radius 3 is 2.19 bits per heavy atom. The molecule has 0 unspecified atom stereocenters. The van der Waals surface area contributed by atoms with Crippen LogP contribution in [0.1, 0.15) is 22.8 Å². The van der Waals surface area contributed by atoms with Crippen molar-refractivity contribution in [2.75, 3.05) is 5.32 Å². The Balaban J connectivity index is 0.000000380. The van der Waals surface area contributed by atoms with E-state index in [0.717, 1.165) is 18.6 Å². The van der Waals surface area contributed by atoms with Gasteiger partial charge in [-0.25, -0.2) is 0 Å². The Morgan fingerprint density at radius 2 is 1.66 bits per heavy atom. The molecule has 0 radical (unpaired) electrons. The summed E-state index contributed by atoms with van der Waals surface area (Å²) < 4.78 is 39.9. The van der Waals surface area contributed by atoms with Gasteiger partial charge in [-0.05, 0) is 60.6 Å². The minimum Gasteiger partial charge on any atom is -0.508 e. The van der Waals surface area contributed by atoms with Crippen molar-refractivity contribution < 1.29 is 27.8 Å². The lowest BCUT2D eigenvalue weighted by molar-refractivity contribution is -0.274. The van der Waals surface area contributed by atoms with Gasteiger partial charge in [0.15, 0.2) is 5.11 Å². The number of alkyl halides is 3. The van der Waals surface area contributed by atoms with E-state index in [9.17, 15) is 23.1 Å². The number of ether oxygens (including phenoxy) is 1. The van der Waals surface area contributed by atoms with Crippen molar-refractivity contribution in [3.8, 4) is 11.5 Å². The monoisotopic (exact) mass is 462 g/mol. The number of halogens is 3. The number of thiocarbonyl (C=S) groups is 1. The summed E-state index contributed by atoms with van der Waals surface area (Å²) >= 11 is 4.95. The summed E-state index contributed by atoms with van der Waals surface area (Å²) in [7, 11) is 0. The van der Waals surface area contributed by atoms with Crippen LogP contribution in [0.3, 0.4) is 0 Å². The largest absolute Gasteiger partial charge is 0.573 e. The zero-order chi connectivity index (χ0) is 23.6. The predicted octanol–water partition coefficient (Wildman–Crippen LogP) is 5.67. The van der Waals surface area contributed by atoms with Crippen molar-refractivity contribution in [1.29, 1.82) is 0 Å². The minimum absolute atomic E-state index is 0.0226. The highest BCUT2D eigenvalue weighted by Crippen LogP contribution is 2.22. The number of benzene rings is 3. The molecule has 0 saturated carbocycles. The van der Waals surface area contributed by atoms with Crippen LogP contribution in [0.15, 0.2) is 78.9 Å². The quantitative estimate of drug-likeness (QED) is 0.436. The van der Waals surface area contributed by atoms with E-state index in [-0.39, 0.29) is 16.4 Å². The first-order valence-corrected chi connectivity index (χ1v) is 9.88. The summed E-state index contributed by atoms with van der Waals surface area (Å²) in [5.74, 6) is -1.01. The molecule has 0 bridgehead atoms. The second-order valence-corrected chi connectivity index (χ2v) is 6.78. The van der Waals surface area contributed by atoms with Crippen molar-refractivity contribution in [3.05, 3.63) is 90.0 Å². The summed E-state index contributed by atoms with van der Waals surface area (Å²) in [6.45, 7) is 2.16. The molecule has 32 heavy (non-hydrogen) atoms. The van der Waals surface area contributed by atoms with Crippen LogP contribution >= 0.6 is 12.2 Å². The maximum absolute atomic E-state index is 12.1. The Kier molecular flexibility index (Phi) is 9.03. The molecule has 0 aliphatic carbocycles. The van der Waals surface area contributed by atoms with Crippen molar-refractivity contribution in [3.63, 3.8) is 0 Å². The molecular formula is C23H21F3N2O3S. The summed E-state index contributed by atoms with van der Waals surface area (Å²) in [6, 6.07) is 20.9. The van der Waals surface area contributed by atoms with Crippen molar-refractivity contribution in [2.45, 2.75) is 19.7 Å². The Hall–Kier alpha value is -3.59. The maximum atomic E-state index is 12.1. The molecular weight excluding hydrogens is 441 g/mol. The van der Waals surface area contributed by atoms with Crippen molar-refractivity contribution >= 4 is 28.9 Å². The second kappa shape index (κ2) is 11.7. The smallest absolute Gasteiger partial charge is 0.508 e. The summed E-state index contributed by atoms with van der Waals surface area (Å²) in [5, 5.41) is 14.4. The molecule has 0 atom stereocenters. The first-order valence-electron chi connectivity index (χ1n) is 9.47. The molecule has 0 aliphatic rings. The highest BCUT2D eigenvalue weighted by molar-refractivity contribution is 7.80. The average Bonchev–Trinajstić information content (AvgIpc) is 2.74. The van der Waals surface area contributed by atoms with Gasteiger partial charge in [-0.15, -0.1) is 13.2 Å². The number of rotatable bonds is 4. The SMILES string of the molecule is CCc1ccccc1.O=C(NC(=S)Nc1cccc(O)c1)c1ccc(OC(F)(F)F)cc1. The molecule has 3 rings (SSSR count).